The number of benzene rings is 2. The van der Waals surface area contributed by atoms with Gasteiger partial charge in [0.1, 0.15) is 47.3 Å². The molecule has 0 radical (unpaired) electrons. The number of halogens is 2. The first-order valence-electron chi connectivity index (χ1n) is 27.5. The number of alkyl carbamates (subject to hydrolysis) is 1. The number of rotatable bonds is 19. The number of nitrogens with one attached hydrogen (secondary N) is 4. The van der Waals surface area contributed by atoms with Crippen LogP contribution in [-0.2, 0) is 35.3 Å². The summed E-state index contributed by atoms with van der Waals surface area (Å²) in [6.07, 6.45) is 3.56. The Labute approximate surface area is 486 Å². The Morgan fingerprint density at radius 1 is 0.938 bits per heavy atom. The van der Waals surface area contributed by atoms with Gasteiger partial charge in [-0.05, 0) is 88.0 Å². The molecule has 1 saturated carbocycles. The number of aryl methyl sites for hydroxylation is 1. The van der Waals surface area contributed by atoms with E-state index in [1.807, 2.05) is 52.0 Å². The van der Waals surface area contributed by atoms with Crippen LogP contribution in [0.3, 0.4) is 0 Å². The molecule has 4 aliphatic rings. The maximum Gasteiger partial charge on any atom is 0.407 e. The number of hydrogen-bond acceptors (Lipinski definition) is 16. The van der Waals surface area contributed by atoms with E-state index in [1.54, 1.807) is 55.7 Å². The highest BCUT2D eigenvalue weighted by Gasteiger charge is 2.53. The zero-order valence-electron chi connectivity index (χ0n) is 47.4. The van der Waals surface area contributed by atoms with E-state index >= 15 is 0 Å². The highest BCUT2D eigenvalue weighted by molar-refractivity contribution is 7.99. The van der Waals surface area contributed by atoms with E-state index < -0.39 is 64.6 Å². The van der Waals surface area contributed by atoms with Gasteiger partial charge >= 0.3 is 6.09 Å². The first-order chi connectivity index (χ1) is 38.3. The van der Waals surface area contributed by atoms with Crippen molar-refractivity contribution in [2.24, 2.45) is 10.8 Å². The van der Waals surface area contributed by atoms with Gasteiger partial charge in [-0.15, -0.1) is 11.3 Å². The van der Waals surface area contributed by atoms with Crippen LogP contribution in [0.25, 0.3) is 10.4 Å². The standard InChI is InChI=1S/C57H75ClFN11O9S2/c1-35-48(80-34-64-35)36-12-13-37(29-62-50(74)40-27-38(71)32-70(40)51(75)49(54(2,3)4)66-52(76)57(59)14-15-57)41(26-36)78-25-24-67-20-22-69(23-21-67)46(73)28-44(72)65-39-10-9-11-42(47(39)58)81-45-31-60-43(30-61-45)68-18-16-56(8,17-19-68)33-63-53(77)79-55(5,6)7/h9-13,26,30-31,34,38,40,49,71H,14-25,27-29,32-33H2,1-8H3,(H,62,74)(H,63,77)(H,65,72)(H,66,76)/t38-,40+,49-/m1/s1. The summed E-state index contributed by atoms with van der Waals surface area (Å²) in [4.78, 5) is 102. The number of hydrogen-bond donors (Lipinski definition) is 5. The van der Waals surface area contributed by atoms with Gasteiger partial charge in [-0.25, -0.2) is 24.1 Å². The highest BCUT2D eigenvalue weighted by atomic mass is 35.5. The second-order valence-corrected chi connectivity index (χ2v) is 26.1. The maximum atomic E-state index is 14.7. The lowest BCUT2D eigenvalue weighted by Gasteiger charge is -2.40. The van der Waals surface area contributed by atoms with Crippen molar-refractivity contribution < 1.29 is 47.7 Å². The molecule has 3 saturated heterocycles. The number of amides is 6. The zero-order valence-corrected chi connectivity index (χ0v) is 49.8. The summed E-state index contributed by atoms with van der Waals surface area (Å²) in [5, 5.41) is 22.9. The number of β-amino-alcohol motifs (C(OH)–C–C–N with tert-alkyl or cyclic N) is 1. The molecule has 4 fully saturated rings. The van der Waals surface area contributed by atoms with Gasteiger partial charge in [0.2, 0.25) is 23.6 Å². The van der Waals surface area contributed by atoms with Crippen LogP contribution in [-0.4, -0.2) is 165 Å². The van der Waals surface area contributed by atoms with Crippen molar-refractivity contribution in [2.75, 3.05) is 75.7 Å². The summed E-state index contributed by atoms with van der Waals surface area (Å²) < 4.78 is 26.5. The number of carbonyl (C=O) groups excluding carboxylic acids is 6. The number of nitrogens with zero attached hydrogens (tertiary/aromatic N) is 7. The van der Waals surface area contributed by atoms with Crippen molar-refractivity contribution in [3.63, 3.8) is 0 Å². The summed E-state index contributed by atoms with van der Waals surface area (Å²) in [5.74, 6) is -1.41. The first kappa shape index (κ1) is 60.9. The molecule has 6 amide bonds. The molecule has 20 nitrogen and oxygen atoms in total. The number of aliphatic hydroxyl groups is 1. The fourth-order valence-corrected chi connectivity index (χ4v) is 11.8. The Morgan fingerprint density at radius 2 is 1.67 bits per heavy atom. The number of alkyl halides is 1. The molecule has 438 valence electrons. The number of likely N-dealkylation sites (tertiary alicyclic amines) is 1. The fourth-order valence-electron chi connectivity index (χ4n) is 9.90. The van der Waals surface area contributed by atoms with E-state index in [0.29, 0.717) is 71.2 Å². The number of piperazine rings is 1. The lowest BCUT2D eigenvalue weighted by Crippen LogP contribution is -2.59. The maximum absolute atomic E-state index is 14.7. The molecule has 8 rings (SSSR count). The summed E-state index contributed by atoms with van der Waals surface area (Å²) in [7, 11) is 0. The van der Waals surface area contributed by atoms with E-state index in [1.165, 1.54) is 28.0 Å². The number of thiazole rings is 1. The average molecular weight is 1180 g/mol. The molecule has 2 aromatic carbocycles. The number of aliphatic hydroxyl groups excluding tert-OH is 1. The molecular weight excluding hydrogens is 1100 g/mol. The van der Waals surface area contributed by atoms with Crippen molar-refractivity contribution in [1.29, 1.82) is 0 Å². The molecule has 3 atom stereocenters. The molecule has 0 unspecified atom stereocenters. The fraction of sp³-hybridized carbons (Fsp3) is 0.561. The van der Waals surface area contributed by atoms with Crippen LogP contribution in [0.15, 0.2) is 64.2 Å². The summed E-state index contributed by atoms with van der Waals surface area (Å²) in [6, 6.07) is 8.84. The third-order valence-electron chi connectivity index (χ3n) is 15.0. The smallest absolute Gasteiger partial charge is 0.407 e. The van der Waals surface area contributed by atoms with E-state index in [4.69, 9.17) is 21.1 Å². The second kappa shape index (κ2) is 25.6. The van der Waals surface area contributed by atoms with Crippen molar-refractivity contribution >= 4 is 81.8 Å². The number of anilines is 2. The Balaban J connectivity index is 0.791. The quantitative estimate of drug-likeness (QED) is 0.0594. The number of aromatic nitrogens is 3. The minimum absolute atomic E-state index is 0.00576. The lowest BCUT2D eigenvalue weighted by molar-refractivity contribution is -0.145. The Morgan fingerprint density at radius 3 is 2.31 bits per heavy atom. The second-order valence-electron chi connectivity index (χ2n) is 23.8. The molecule has 0 spiro atoms. The van der Waals surface area contributed by atoms with Crippen LogP contribution in [0.5, 0.6) is 5.75 Å². The minimum Gasteiger partial charge on any atom is -0.492 e. The predicted molar refractivity (Wildman–Crippen MR) is 308 cm³/mol. The van der Waals surface area contributed by atoms with E-state index in [0.717, 1.165) is 47.9 Å². The van der Waals surface area contributed by atoms with E-state index in [9.17, 15) is 38.3 Å². The van der Waals surface area contributed by atoms with Crippen molar-refractivity contribution in [1.82, 2.24) is 45.6 Å². The van der Waals surface area contributed by atoms with Crippen LogP contribution < -0.4 is 30.9 Å². The Bertz CT molecular complexity index is 2940. The van der Waals surface area contributed by atoms with Gasteiger partial charge < -0.3 is 50.5 Å². The van der Waals surface area contributed by atoms with Crippen LogP contribution in [0, 0.1) is 17.8 Å². The Kier molecular flexibility index (Phi) is 19.2. The normalized spacial score (nSPS) is 19.3. The van der Waals surface area contributed by atoms with Crippen LogP contribution in [0.2, 0.25) is 5.02 Å². The minimum atomic E-state index is -2.00. The van der Waals surface area contributed by atoms with Gasteiger partial charge in [0, 0.05) is 82.3 Å². The Hall–Kier alpha value is -6.14. The molecule has 1 aliphatic carbocycles. The summed E-state index contributed by atoms with van der Waals surface area (Å²) >= 11 is 9.61. The van der Waals surface area contributed by atoms with Crippen molar-refractivity contribution in [3.05, 3.63) is 70.6 Å². The third-order valence-corrected chi connectivity index (χ3v) is 17.5. The third kappa shape index (κ3) is 16.1. The van der Waals surface area contributed by atoms with Gasteiger partial charge in [-0.1, -0.05) is 69.3 Å². The average Bonchev–Trinajstić information content (AvgIpc) is 4.11. The van der Waals surface area contributed by atoms with Gasteiger partial charge in [-0.3, -0.25) is 28.9 Å². The first-order valence-corrected chi connectivity index (χ1v) is 29.6. The van der Waals surface area contributed by atoms with Gasteiger partial charge in [0.15, 0.2) is 5.67 Å². The molecule has 4 aromatic rings. The molecule has 5 N–H and O–H groups in total. The largest absolute Gasteiger partial charge is 0.492 e. The van der Waals surface area contributed by atoms with E-state index in [-0.39, 0.29) is 56.7 Å². The molecular formula is C57H75ClFN11O9S2. The monoisotopic (exact) mass is 1180 g/mol. The van der Waals surface area contributed by atoms with Crippen molar-refractivity contribution in [3.8, 4) is 16.2 Å². The SMILES string of the molecule is Cc1ncsc1-c1ccc(CNC(=O)[C@@H]2C[C@@H](O)CN2C(=O)[C@@H](NC(=O)C2(F)CC2)C(C)(C)C)c(OCCN2CCN(C(=O)CC(=O)Nc3cccc(Sc4cnc(N5CCC(C)(CNC(=O)OC(C)(C)C)CC5)cn4)c3Cl)CC2)c1. The lowest BCUT2D eigenvalue weighted by atomic mass is 9.80. The molecule has 5 heterocycles. The van der Waals surface area contributed by atoms with Crippen molar-refractivity contribution in [2.45, 2.75) is 140 Å². The molecule has 0 bridgehead atoms. The molecule has 24 heteroatoms. The topological polar surface area (TPSA) is 241 Å². The number of ether oxygens (including phenoxy) is 2. The van der Waals surface area contributed by atoms with Crippen LogP contribution >= 0.6 is 34.7 Å². The predicted octanol–water partition coefficient (Wildman–Crippen LogP) is 7.01. The van der Waals surface area contributed by atoms with Crippen LogP contribution in [0.1, 0.15) is 98.2 Å². The summed E-state index contributed by atoms with van der Waals surface area (Å²) in [5.41, 5.74) is 1.13. The number of piperidine rings is 1. The summed E-state index contributed by atoms with van der Waals surface area (Å²) in [6.45, 7) is 19.6. The molecule has 3 aliphatic heterocycles. The number of carbonyl (C=O) groups is 6. The van der Waals surface area contributed by atoms with Gasteiger partial charge in [-0.2, -0.15) is 0 Å². The van der Waals surface area contributed by atoms with Gasteiger partial charge in [0.25, 0.3) is 5.91 Å². The highest BCUT2D eigenvalue weighted by Crippen LogP contribution is 2.41. The molecule has 81 heavy (non-hydrogen) atoms. The van der Waals surface area contributed by atoms with Gasteiger partial charge in [0.05, 0.1) is 45.3 Å². The van der Waals surface area contributed by atoms with Crippen LogP contribution in [0.4, 0.5) is 20.7 Å². The zero-order chi connectivity index (χ0) is 58.4. The van der Waals surface area contributed by atoms with E-state index in [2.05, 4.69) is 52.9 Å². The molecule has 2 aromatic heterocycles.